The molecule has 0 aliphatic rings. The number of rotatable bonds is 17. The van der Waals surface area contributed by atoms with Gasteiger partial charge in [-0.05, 0) is 90.6 Å². The Labute approximate surface area is 257 Å². The van der Waals surface area contributed by atoms with Gasteiger partial charge in [-0.1, -0.05) is 116 Å². The van der Waals surface area contributed by atoms with Crippen molar-refractivity contribution < 1.29 is 14.3 Å². The maximum atomic E-state index is 14.1. The third-order valence-corrected chi connectivity index (χ3v) is 9.40. The van der Waals surface area contributed by atoms with Crippen LogP contribution in [0.2, 0.25) is 0 Å². The van der Waals surface area contributed by atoms with E-state index in [0.29, 0.717) is 16.9 Å². The monoisotopic (exact) mass is 658 g/mol. The molecule has 0 aliphatic heterocycles. The number of hydrogen-bond acceptors (Lipinski definition) is 3. The third-order valence-electron chi connectivity index (χ3n) is 8.50. The van der Waals surface area contributed by atoms with Crippen LogP contribution < -0.4 is 4.74 Å². The van der Waals surface area contributed by atoms with Crippen molar-refractivity contribution in [1.82, 2.24) is 0 Å². The Kier molecular flexibility index (Phi) is 13.6. The first-order chi connectivity index (χ1) is 18.9. The molecular weight excluding hydrogens is 607 g/mol. The standard InChI is InChI=1S/C36H51IO3/c1-8-10-12-14-19-25-35(5,6)36(7,27-34(3,4)24-18-13-11-9-2)33(39)40-29-22-23-30(31(37)26-29)32(38)28-20-16-15-17-21-28/h11,13,15-17,20-23,26H,8-10,12,14,18-19,24-25,27H2,1-7H3/b13-11-. The maximum Gasteiger partial charge on any atom is 0.317 e. The van der Waals surface area contributed by atoms with E-state index in [4.69, 9.17) is 4.74 Å². The van der Waals surface area contributed by atoms with Gasteiger partial charge in [-0.15, -0.1) is 0 Å². The van der Waals surface area contributed by atoms with Crippen molar-refractivity contribution in [2.45, 2.75) is 113 Å². The summed E-state index contributed by atoms with van der Waals surface area (Å²) in [6, 6.07) is 14.6. The fourth-order valence-corrected chi connectivity index (χ4v) is 6.28. The minimum Gasteiger partial charge on any atom is -0.426 e. The number of halogens is 1. The Morgan fingerprint density at radius 1 is 0.850 bits per heavy atom. The maximum absolute atomic E-state index is 14.1. The van der Waals surface area contributed by atoms with E-state index in [2.05, 4.69) is 83.2 Å². The van der Waals surface area contributed by atoms with Gasteiger partial charge in [0, 0.05) is 14.7 Å². The minimum atomic E-state index is -0.667. The van der Waals surface area contributed by atoms with E-state index in [1.54, 1.807) is 12.1 Å². The first-order valence-electron chi connectivity index (χ1n) is 15.1. The molecule has 2 aromatic carbocycles. The lowest BCUT2D eigenvalue weighted by Gasteiger charge is -2.46. The van der Waals surface area contributed by atoms with Crippen LogP contribution in [-0.2, 0) is 4.79 Å². The number of carbonyl (C=O) groups excluding carboxylic acids is 2. The van der Waals surface area contributed by atoms with Crippen LogP contribution in [0.25, 0.3) is 0 Å². The van der Waals surface area contributed by atoms with Crippen molar-refractivity contribution in [3.05, 3.63) is 75.4 Å². The number of carbonyl (C=O) groups is 2. The van der Waals surface area contributed by atoms with Gasteiger partial charge in [-0.2, -0.15) is 0 Å². The Bertz CT molecular complexity index is 1120. The Morgan fingerprint density at radius 3 is 2.15 bits per heavy atom. The van der Waals surface area contributed by atoms with Crippen LogP contribution in [0.3, 0.4) is 0 Å². The topological polar surface area (TPSA) is 43.4 Å². The first-order valence-corrected chi connectivity index (χ1v) is 16.2. The second kappa shape index (κ2) is 15.9. The Hall–Kier alpha value is -1.95. The molecule has 0 N–H and O–H groups in total. The summed E-state index contributed by atoms with van der Waals surface area (Å²) in [5.41, 5.74) is 0.340. The summed E-state index contributed by atoms with van der Waals surface area (Å²) in [6.45, 7) is 15.6. The van der Waals surface area contributed by atoms with Gasteiger partial charge in [0.15, 0.2) is 5.78 Å². The number of unbranched alkanes of at least 4 members (excludes halogenated alkanes) is 4. The zero-order chi connectivity index (χ0) is 29.8. The van der Waals surface area contributed by atoms with Crippen molar-refractivity contribution in [2.24, 2.45) is 16.2 Å². The molecule has 0 aliphatic carbocycles. The molecule has 1 atom stereocenters. The highest BCUT2D eigenvalue weighted by molar-refractivity contribution is 14.1. The molecule has 0 spiro atoms. The summed E-state index contributed by atoms with van der Waals surface area (Å²) in [7, 11) is 0. The Morgan fingerprint density at radius 2 is 1.52 bits per heavy atom. The third kappa shape index (κ3) is 9.85. The lowest BCUT2D eigenvalue weighted by atomic mass is 9.58. The van der Waals surface area contributed by atoms with E-state index in [-0.39, 0.29) is 22.6 Å². The molecule has 3 nitrogen and oxygen atoms in total. The van der Waals surface area contributed by atoms with Gasteiger partial charge < -0.3 is 4.74 Å². The van der Waals surface area contributed by atoms with E-state index in [9.17, 15) is 9.59 Å². The van der Waals surface area contributed by atoms with Crippen LogP contribution in [0.4, 0.5) is 0 Å². The normalized spacial score (nSPS) is 13.8. The van der Waals surface area contributed by atoms with Gasteiger partial charge in [-0.25, -0.2) is 0 Å². The molecule has 4 heteroatoms. The summed E-state index contributed by atoms with van der Waals surface area (Å²) in [5, 5.41) is 0. The molecule has 40 heavy (non-hydrogen) atoms. The van der Waals surface area contributed by atoms with Crippen LogP contribution in [0.1, 0.15) is 129 Å². The van der Waals surface area contributed by atoms with Crippen molar-refractivity contribution in [3.63, 3.8) is 0 Å². The van der Waals surface area contributed by atoms with Gasteiger partial charge in [0.05, 0.1) is 5.41 Å². The predicted molar refractivity (Wildman–Crippen MR) is 177 cm³/mol. The van der Waals surface area contributed by atoms with Gasteiger partial charge >= 0.3 is 5.97 Å². The summed E-state index contributed by atoms with van der Waals surface area (Å²) in [6.07, 6.45) is 15.3. The van der Waals surface area contributed by atoms with E-state index >= 15 is 0 Å². The highest BCUT2D eigenvalue weighted by atomic mass is 127. The first kappa shape index (κ1) is 34.3. The number of esters is 1. The largest absolute Gasteiger partial charge is 0.426 e. The zero-order valence-corrected chi connectivity index (χ0v) is 28.1. The molecule has 0 saturated carbocycles. The highest BCUT2D eigenvalue weighted by Gasteiger charge is 2.50. The van der Waals surface area contributed by atoms with Crippen molar-refractivity contribution in [3.8, 4) is 5.75 Å². The predicted octanol–water partition coefficient (Wildman–Crippen LogP) is 11.0. The molecular formula is C36H51IO3. The van der Waals surface area contributed by atoms with Crippen LogP contribution >= 0.6 is 22.6 Å². The van der Waals surface area contributed by atoms with Gasteiger partial charge in [0.25, 0.3) is 0 Å². The molecule has 1 unspecified atom stereocenters. The average Bonchev–Trinajstić information content (AvgIpc) is 2.91. The molecule has 0 aromatic heterocycles. The molecule has 0 amide bonds. The fraction of sp³-hybridized carbons (Fsp3) is 0.556. The van der Waals surface area contributed by atoms with Gasteiger partial charge in [0.2, 0.25) is 0 Å². The van der Waals surface area contributed by atoms with Gasteiger partial charge in [-0.3, -0.25) is 9.59 Å². The van der Waals surface area contributed by atoms with Crippen molar-refractivity contribution >= 4 is 34.3 Å². The van der Waals surface area contributed by atoms with E-state index in [1.165, 1.54) is 25.7 Å². The average molecular weight is 659 g/mol. The number of benzene rings is 2. The number of hydrogen-bond donors (Lipinski definition) is 0. The SMILES string of the molecule is CC/C=C\CCC(C)(C)CC(C)(C(=O)Oc1ccc(C(=O)c2ccccc2)c(I)c1)C(C)(C)CCCCCCC. The molecule has 2 rings (SSSR count). The van der Waals surface area contributed by atoms with E-state index < -0.39 is 5.41 Å². The van der Waals surface area contributed by atoms with Crippen LogP contribution in [-0.4, -0.2) is 11.8 Å². The summed E-state index contributed by atoms with van der Waals surface area (Å²) >= 11 is 2.17. The molecule has 0 heterocycles. The van der Waals surface area contributed by atoms with Crippen molar-refractivity contribution in [1.29, 1.82) is 0 Å². The quantitative estimate of drug-likeness (QED) is 0.0424. The summed E-state index contributed by atoms with van der Waals surface area (Å²) in [5.74, 6) is 0.282. The minimum absolute atomic E-state index is 0.0221. The highest BCUT2D eigenvalue weighted by Crippen LogP contribution is 2.51. The van der Waals surface area contributed by atoms with E-state index in [1.807, 2.05) is 36.4 Å². The second-order valence-electron chi connectivity index (χ2n) is 12.9. The lowest BCUT2D eigenvalue weighted by molar-refractivity contribution is -0.156. The van der Waals surface area contributed by atoms with Crippen LogP contribution in [0, 0.1) is 19.8 Å². The zero-order valence-electron chi connectivity index (χ0n) is 25.9. The second-order valence-corrected chi connectivity index (χ2v) is 14.0. The smallest absolute Gasteiger partial charge is 0.317 e. The van der Waals surface area contributed by atoms with E-state index in [0.717, 1.165) is 42.1 Å². The van der Waals surface area contributed by atoms with Crippen LogP contribution in [0.5, 0.6) is 5.75 Å². The molecule has 2 aromatic rings. The number of allylic oxidation sites excluding steroid dienone is 2. The van der Waals surface area contributed by atoms with Crippen LogP contribution in [0.15, 0.2) is 60.7 Å². The summed E-state index contributed by atoms with van der Waals surface area (Å²) < 4.78 is 6.93. The lowest BCUT2D eigenvalue weighted by Crippen LogP contribution is -2.47. The molecule has 0 saturated heterocycles. The Balaban J connectivity index is 2.29. The number of ether oxygens (including phenoxy) is 1. The molecule has 220 valence electrons. The molecule has 0 fully saturated rings. The summed E-state index contributed by atoms with van der Waals surface area (Å²) in [4.78, 5) is 27.1. The molecule has 0 radical (unpaired) electrons. The van der Waals surface area contributed by atoms with Gasteiger partial charge in [0.1, 0.15) is 5.75 Å². The van der Waals surface area contributed by atoms with Crippen molar-refractivity contribution in [2.75, 3.05) is 0 Å². The molecule has 0 bridgehead atoms. The fourth-order valence-electron chi connectivity index (χ4n) is 5.55. The number of ketones is 1.